The minimum atomic E-state index is 0.642. The van der Waals surface area contributed by atoms with E-state index in [1.54, 1.807) is 0 Å². The standard InChI is InChI=1S/C18H20ClNO/c19-17-12-15(13-20-16-7-8-16)6-9-18(17)21-11-10-14-4-2-1-3-5-14/h1-6,9,12,16,20H,7-8,10-11,13H2. The number of rotatable bonds is 7. The van der Waals surface area contributed by atoms with Crippen molar-refractivity contribution in [3.8, 4) is 5.75 Å². The Bertz CT molecular complexity index is 581. The summed E-state index contributed by atoms with van der Waals surface area (Å²) < 4.78 is 5.78. The highest BCUT2D eigenvalue weighted by Gasteiger charge is 2.20. The minimum absolute atomic E-state index is 0.642. The molecule has 1 fully saturated rings. The fourth-order valence-corrected chi connectivity index (χ4v) is 2.50. The molecule has 1 aliphatic carbocycles. The molecule has 0 unspecified atom stereocenters. The molecule has 0 saturated heterocycles. The first-order valence-corrected chi connectivity index (χ1v) is 7.87. The molecule has 0 spiro atoms. The van der Waals surface area contributed by atoms with Gasteiger partial charge >= 0.3 is 0 Å². The number of nitrogens with one attached hydrogen (secondary N) is 1. The second-order valence-corrected chi connectivity index (χ2v) is 5.91. The van der Waals surface area contributed by atoms with Crippen molar-refractivity contribution in [2.75, 3.05) is 6.61 Å². The van der Waals surface area contributed by atoms with Crippen molar-refractivity contribution in [2.45, 2.75) is 31.8 Å². The van der Waals surface area contributed by atoms with Gasteiger partial charge in [0, 0.05) is 19.0 Å². The Morgan fingerprint density at radius 2 is 1.86 bits per heavy atom. The van der Waals surface area contributed by atoms with Gasteiger partial charge in [-0.1, -0.05) is 48.0 Å². The van der Waals surface area contributed by atoms with E-state index < -0.39 is 0 Å². The van der Waals surface area contributed by atoms with Crippen LogP contribution in [0.1, 0.15) is 24.0 Å². The third-order valence-electron chi connectivity index (χ3n) is 3.66. The average Bonchev–Trinajstić information content (AvgIpc) is 3.32. The van der Waals surface area contributed by atoms with Crippen LogP contribution in [0.25, 0.3) is 0 Å². The zero-order valence-corrected chi connectivity index (χ0v) is 12.8. The third-order valence-corrected chi connectivity index (χ3v) is 3.95. The van der Waals surface area contributed by atoms with Gasteiger partial charge in [-0.05, 0) is 36.1 Å². The van der Waals surface area contributed by atoms with Gasteiger partial charge in [0.15, 0.2) is 0 Å². The Kier molecular flexibility index (Phi) is 4.79. The second-order valence-electron chi connectivity index (χ2n) is 5.50. The summed E-state index contributed by atoms with van der Waals surface area (Å²) in [5, 5.41) is 4.18. The van der Waals surface area contributed by atoms with E-state index in [4.69, 9.17) is 16.3 Å². The molecule has 1 saturated carbocycles. The summed E-state index contributed by atoms with van der Waals surface area (Å²) in [5.74, 6) is 0.766. The minimum Gasteiger partial charge on any atom is -0.492 e. The fourth-order valence-electron chi connectivity index (χ4n) is 2.24. The summed E-state index contributed by atoms with van der Waals surface area (Å²) >= 11 is 6.29. The van der Waals surface area contributed by atoms with Crippen molar-refractivity contribution < 1.29 is 4.74 Å². The molecule has 0 aromatic heterocycles. The lowest BCUT2D eigenvalue weighted by Crippen LogP contribution is -2.15. The van der Waals surface area contributed by atoms with Gasteiger partial charge in [-0.25, -0.2) is 0 Å². The van der Waals surface area contributed by atoms with E-state index in [0.717, 1.165) is 18.7 Å². The molecule has 3 heteroatoms. The lowest BCUT2D eigenvalue weighted by Gasteiger charge is -2.10. The van der Waals surface area contributed by atoms with Crippen molar-refractivity contribution >= 4 is 11.6 Å². The highest BCUT2D eigenvalue weighted by Crippen LogP contribution is 2.26. The summed E-state index contributed by atoms with van der Waals surface area (Å²) in [5.41, 5.74) is 2.49. The van der Waals surface area contributed by atoms with Gasteiger partial charge < -0.3 is 10.1 Å². The highest BCUT2D eigenvalue weighted by atomic mass is 35.5. The maximum atomic E-state index is 6.29. The van der Waals surface area contributed by atoms with E-state index in [2.05, 4.69) is 23.5 Å². The topological polar surface area (TPSA) is 21.3 Å². The van der Waals surface area contributed by atoms with Gasteiger partial charge in [0.25, 0.3) is 0 Å². The van der Waals surface area contributed by atoms with Gasteiger partial charge in [0.1, 0.15) is 5.75 Å². The maximum Gasteiger partial charge on any atom is 0.137 e. The predicted molar refractivity (Wildman–Crippen MR) is 87.0 cm³/mol. The van der Waals surface area contributed by atoms with E-state index in [1.165, 1.54) is 24.0 Å². The Labute approximate surface area is 131 Å². The second kappa shape index (κ2) is 6.97. The monoisotopic (exact) mass is 301 g/mol. The number of hydrogen-bond donors (Lipinski definition) is 1. The summed E-state index contributed by atoms with van der Waals surface area (Å²) in [6.45, 7) is 1.53. The van der Waals surface area contributed by atoms with Crippen LogP contribution in [0.4, 0.5) is 0 Å². The summed E-state index contributed by atoms with van der Waals surface area (Å²) in [6, 6.07) is 17.1. The molecule has 2 aromatic rings. The molecule has 0 bridgehead atoms. The van der Waals surface area contributed by atoms with Crippen molar-refractivity contribution in [2.24, 2.45) is 0 Å². The van der Waals surface area contributed by atoms with Gasteiger partial charge in [-0.2, -0.15) is 0 Å². The average molecular weight is 302 g/mol. The molecule has 0 atom stereocenters. The molecule has 110 valence electrons. The number of hydrogen-bond acceptors (Lipinski definition) is 2. The largest absolute Gasteiger partial charge is 0.492 e. The molecule has 0 aliphatic heterocycles. The van der Waals surface area contributed by atoms with Crippen LogP contribution < -0.4 is 10.1 Å². The van der Waals surface area contributed by atoms with Crippen LogP contribution in [0.5, 0.6) is 5.75 Å². The van der Waals surface area contributed by atoms with E-state index in [1.807, 2.05) is 30.3 Å². The van der Waals surface area contributed by atoms with Crippen molar-refractivity contribution in [3.63, 3.8) is 0 Å². The molecular weight excluding hydrogens is 282 g/mol. The van der Waals surface area contributed by atoms with E-state index in [-0.39, 0.29) is 0 Å². The van der Waals surface area contributed by atoms with Crippen LogP contribution in [0, 0.1) is 0 Å². The van der Waals surface area contributed by atoms with E-state index in [0.29, 0.717) is 17.7 Å². The number of halogens is 1. The van der Waals surface area contributed by atoms with Crippen LogP contribution in [0.3, 0.4) is 0 Å². The van der Waals surface area contributed by atoms with E-state index >= 15 is 0 Å². The predicted octanol–water partition coefficient (Wildman–Crippen LogP) is 4.21. The van der Waals surface area contributed by atoms with Crippen LogP contribution in [0.2, 0.25) is 5.02 Å². The van der Waals surface area contributed by atoms with Crippen LogP contribution in [0.15, 0.2) is 48.5 Å². The van der Waals surface area contributed by atoms with Gasteiger partial charge in [-0.3, -0.25) is 0 Å². The van der Waals surface area contributed by atoms with Gasteiger partial charge in [0.05, 0.1) is 11.6 Å². The number of benzene rings is 2. The van der Waals surface area contributed by atoms with Crippen LogP contribution in [-0.2, 0) is 13.0 Å². The van der Waals surface area contributed by atoms with Gasteiger partial charge in [0.2, 0.25) is 0 Å². The molecule has 21 heavy (non-hydrogen) atoms. The maximum absolute atomic E-state index is 6.29. The lowest BCUT2D eigenvalue weighted by molar-refractivity contribution is 0.322. The van der Waals surface area contributed by atoms with Crippen LogP contribution in [-0.4, -0.2) is 12.6 Å². The first-order valence-electron chi connectivity index (χ1n) is 7.50. The molecule has 0 amide bonds. The zero-order chi connectivity index (χ0) is 14.5. The van der Waals surface area contributed by atoms with E-state index in [9.17, 15) is 0 Å². The first kappa shape index (κ1) is 14.4. The molecule has 1 N–H and O–H groups in total. The molecule has 2 nitrogen and oxygen atoms in total. The molecule has 1 aliphatic rings. The molecule has 3 rings (SSSR count). The summed E-state index contributed by atoms with van der Waals surface area (Å²) in [6.07, 6.45) is 3.49. The Morgan fingerprint density at radius 3 is 2.57 bits per heavy atom. The zero-order valence-electron chi connectivity index (χ0n) is 12.0. The Balaban J connectivity index is 1.50. The Hall–Kier alpha value is -1.51. The van der Waals surface area contributed by atoms with Crippen LogP contribution >= 0.6 is 11.6 Å². The highest BCUT2D eigenvalue weighted by molar-refractivity contribution is 6.32. The van der Waals surface area contributed by atoms with Crippen molar-refractivity contribution in [1.82, 2.24) is 5.32 Å². The smallest absolute Gasteiger partial charge is 0.137 e. The van der Waals surface area contributed by atoms with Crippen molar-refractivity contribution in [3.05, 3.63) is 64.7 Å². The SMILES string of the molecule is Clc1cc(CNC2CC2)ccc1OCCc1ccccc1. The molecule has 0 radical (unpaired) electrons. The summed E-state index contributed by atoms with van der Waals surface area (Å²) in [7, 11) is 0. The Morgan fingerprint density at radius 1 is 1.05 bits per heavy atom. The molecule has 2 aromatic carbocycles. The fraction of sp³-hybridized carbons (Fsp3) is 0.333. The normalized spacial score (nSPS) is 14.1. The quantitative estimate of drug-likeness (QED) is 0.827. The third kappa shape index (κ3) is 4.48. The lowest BCUT2D eigenvalue weighted by atomic mass is 10.2. The summed E-state index contributed by atoms with van der Waals surface area (Å²) in [4.78, 5) is 0. The first-order chi connectivity index (χ1) is 10.3. The van der Waals surface area contributed by atoms with Crippen molar-refractivity contribution in [1.29, 1.82) is 0 Å². The number of ether oxygens (including phenoxy) is 1. The van der Waals surface area contributed by atoms with Gasteiger partial charge in [-0.15, -0.1) is 0 Å². The molecule has 0 heterocycles. The molecular formula is C18H20ClNO.